The van der Waals surface area contributed by atoms with Crippen LogP contribution in [-0.2, 0) is 109 Å². The van der Waals surface area contributed by atoms with Crippen molar-refractivity contribution in [1.82, 2.24) is 0 Å². The van der Waals surface area contributed by atoms with Crippen molar-refractivity contribution < 1.29 is 109 Å². The highest BCUT2D eigenvalue weighted by atomic mass is 16.6. The molecule has 0 aromatic rings. The topological polar surface area (TPSA) is 292 Å². The van der Waals surface area contributed by atoms with Crippen LogP contribution in [0.3, 0.4) is 0 Å². The van der Waals surface area contributed by atoms with Gasteiger partial charge < -0.3 is 71.1 Å². The van der Waals surface area contributed by atoms with Gasteiger partial charge in [0.15, 0.2) is 0 Å². The Kier molecular flexibility index (Phi) is 30.7. The molecule has 0 radical (unpaired) electrons. The van der Waals surface area contributed by atoms with Crippen molar-refractivity contribution in [1.29, 1.82) is 0 Å². The van der Waals surface area contributed by atoms with Crippen LogP contribution in [0, 0.1) is 46.8 Å². The summed E-state index contributed by atoms with van der Waals surface area (Å²) in [5, 5.41) is 0. The lowest BCUT2D eigenvalue weighted by Gasteiger charge is -2.38. The van der Waals surface area contributed by atoms with Crippen LogP contribution in [-0.4, -0.2) is 188 Å². The Morgan fingerprint density at radius 3 is 0.885 bits per heavy atom. The number of hydrogen-bond acceptors (Lipinski definition) is 23. The third kappa shape index (κ3) is 26.9. The van der Waals surface area contributed by atoms with Gasteiger partial charge in [0.1, 0.15) is 0 Å². The molecule has 0 aromatic carbocycles. The highest BCUT2D eigenvalue weighted by Crippen LogP contribution is 2.43. The molecule has 0 N–H and O–H groups in total. The molecule has 17 unspecified atom stereocenters. The van der Waals surface area contributed by atoms with Crippen molar-refractivity contribution in [3.8, 4) is 0 Å². The fraction of sp³-hybridized carbons (Fsp3) is 0.890. The summed E-state index contributed by atoms with van der Waals surface area (Å²) in [6, 6.07) is 0. The Morgan fingerprint density at radius 1 is 0.333 bits per heavy atom. The van der Waals surface area contributed by atoms with Gasteiger partial charge in [0.05, 0.1) is 158 Å². The van der Waals surface area contributed by atoms with Gasteiger partial charge in [-0.05, 0) is 203 Å². The maximum atomic E-state index is 14.0. The largest absolute Gasteiger partial charge is 0.466 e. The summed E-state index contributed by atoms with van der Waals surface area (Å²) in [4.78, 5) is 105. The molecule has 6 saturated heterocycles. The van der Waals surface area contributed by atoms with E-state index in [0.29, 0.717) is 194 Å². The number of carbonyl (C=O) groups excluding carboxylic acids is 8. The normalized spacial score (nSPS) is 30.7. The summed E-state index contributed by atoms with van der Waals surface area (Å²) in [6.07, 6.45) is 24.9. The van der Waals surface area contributed by atoms with Gasteiger partial charge in [0.25, 0.3) is 0 Å². The van der Waals surface area contributed by atoms with E-state index in [2.05, 4.69) is 6.92 Å². The average molecular weight is 1360 g/mol. The smallest absolute Gasteiger partial charge is 0.310 e. The van der Waals surface area contributed by atoms with Gasteiger partial charge in [-0.15, -0.1) is 0 Å². The van der Waals surface area contributed by atoms with E-state index in [1.165, 1.54) is 19.3 Å². The zero-order valence-electron chi connectivity index (χ0n) is 56.5. The molecule has 0 bridgehead atoms. The molecule has 23 nitrogen and oxygen atoms in total. The van der Waals surface area contributed by atoms with Crippen LogP contribution in [0.2, 0.25) is 0 Å². The molecule has 17 atom stereocenters. The molecular weight excluding hydrogens is 1240 g/mol. The van der Waals surface area contributed by atoms with Gasteiger partial charge in [-0.2, -0.15) is 0 Å². The fourth-order valence-electron chi connectivity index (χ4n) is 14.7. The monoisotopic (exact) mass is 1360 g/mol. The minimum Gasteiger partial charge on any atom is -0.466 e. The number of epoxide rings is 5. The van der Waals surface area contributed by atoms with Crippen molar-refractivity contribution >= 4 is 47.8 Å². The highest BCUT2D eigenvalue weighted by molar-refractivity contribution is 5.88. The molecule has 0 spiro atoms. The molecule has 5 saturated carbocycles. The van der Waals surface area contributed by atoms with E-state index in [9.17, 15) is 38.4 Å². The lowest BCUT2D eigenvalue weighted by molar-refractivity contribution is -0.167. The first-order chi connectivity index (χ1) is 46.2. The Hall–Kier alpha value is -4.52. The fourth-order valence-corrected chi connectivity index (χ4v) is 14.7. The molecule has 11 fully saturated rings. The highest BCUT2D eigenvalue weighted by Gasteiger charge is 2.48. The standard InChI is InChI=1S/C60H90O20.C12H20O3.CH4/c61-53(73-35-39-17-21-45-49(29-39)77-45)13-5-1-9-25-69-57(65)33-43(59(67)71-27-11-3-7-15-55(63)75-37-41-19-23-47-51(31-41)79-47)44(60(68)72-28-12-4-8-16-56(64)76-38-42-20-24-48-52(32-42)80-48)34-58(66)70-26-10-2-6-14-54(62)74-36-40-18-22-46-50(30-40)78-46;1-12(7-14-8-12)6-13-5-9-2-3-10-11(4-9)15-10;/h39-52H,1-38H2;9-11H,2-8H2,1H3;1H4. The van der Waals surface area contributed by atoms with Gasteiger partial charge in [0, 0.05) is 37.7 Å². The quantitative estimate of drug-likeness (QED) is 0.0237. The van der Waals surface area contributed by atoms with E-state index in [1.54, 1.807) is 0 Å². The second-order valence-corrected chi connectivity index (χ2v) is 29.7. The third-order valence-corrected chi connectivity index (χ3v) is 21.2. The van der Waals surface area contributed by atoms with E-state index in [0.717, 1.165) is 109 Å². The lowest BCUT2D eigenvalue weighted by atomic mass is 9.86. The first kappa shape index (κ1) is 75.7. The van der Waals surface area contributed by atoms with Gasteiger partial charge >= 0.3 is 47.8 Å². The Labute approximate surface area is 568 Å². The zero-order valence-corrected chi connectivity index (χ0v) is 56.5. The van der Waals surface area contributed by atoms with E-state index in [1.807, 2.05) is 0 Å². The van der Waals surface area contributed by atoms with Crippen LogP contribution >= 0.6 is 0 Å². The van der Waals surface area contributed by atoms with Gasteiger partial charge in [0.2, 0.25) is 0 Å². The number of hydrogen-bond donors (Lipinski definition) is 0. The summed E-state index contributed by atoms with van der Waals surface area (Å²) in [5.41, 5.74) is 0.299. The predicted molar refractivity (Wildman–Crippen MR) is 344 cm³/mol. The maximum absolute atomic E-state index is 14.0. The van der Waals surface area contributed by atoms with Crippen LogP contribution in [0.15, 0.2) is 0 Å². The van der Waals surface area contributed by atoms with Crippen LogP contribution in [0.4, 0.5) is 0 Å². The van der Waals surface area contributed by atoms with E-state index >= 15 is 0 Å². The molecule has 544 valence electrons. The number of rotatable bonds is 43. The van der Waals surface area contributed by atoms with Crippen LogP contribution < -0.4 is 0 Å². The molecule has 0 amide bonds. The van der Waals surface area contributed by atoms with Gasteiger partial charge in [-0.25, -0.2) is 0 Å². The van der Waals surface area contributed by atoms with Gasteiger partial charge in [-0.3, -0.25) is 38.4 Å². The van der Waals surface area contributed by atoms with Crippen molar-refractivity contribution in [3.05, 3.63) is 0 Å². The first-order valence-electron chi connectivity index (χ1n) is 36.9. The third-order valence-electron chi connectivity index (χ3n) is 21.2. The van der Waals surface area contributed by atoms with Gasteiger partial charge in [-0.1, -0.05) is 14.4 Å². The van der Waals surface area contributed by atoms with Crippen molar-refractivity contribution in [3.63, 3.8) is 0 Å². The summed E-state index contributed by atoms with van der Waals surface area (Å²) < 4.78 is 83.4. The molecule has 6 aliphatic heterocycles. The zero-order chi connectivity index (χ0) is 66.4. The van der Waals surface area contributed by atoms with Crippen LogP contribution in [0.5, 0.6) is 0 Å². The number of ether oxygens (including phenoxy) is 15. The molecule has 11 aliphatic rings. The van der Waals surface area contributed by atoms with E-state index < -0.39 is 48.6 Å². The number of esters is 8. The maximum Gasteiger partial charge on any atom is 0.310 e. The molecule has 6 heterocycles. The van der Waals surface area contributed by atoms with Crippen LogP contribution in [0.1, 0.15) is 226 Å². The van der Waals surface area contributed by atoms with Crippen LogP contribution in [0.25, 0.3) is 0 Å². The number of fused-ring (bicyclic) bond motifs is 5. The molecule has 0 aromatic heterocycles. The lowest BCUT2D eigenvalue weighted by Crippen LogP contribution is -2.43. The number of carbonyl (C=O) groups is 8. The number of unbranched alkanes of at least 4 members (excludes halogenated alkanes) is 8. The summed E-state index contributed by atoms with van der Waals surface area (Å²) in [5.74, 6) is -5.43. The SMILES string of the molecule is C.CC1(COCC2CCC3OC3C2)COC1.O=C(CCCCCOC(=O)CC(C(=O)OCCCCCC(=O)OCC1CCC2OC2C1)C(CC(=O)OCCCCCC(=O)OCC1CCC2OC2C1)C(=O)OCCCCCC(=O)OCC1CCC2OC2C1)OCC1CCC2OC2C1. The minimum absolute atomic E-state index is 0. The summed E-state index contributed by atoms with van der Waals surface area (Å²) >= 11 is 0. The molecule has 5 aliphatic carbocycles. The average Bonchev–Trinajstić information content (AvgIpc) is 1.50. The summed E-state index contributed by atoms with van der Waals surface area (Å²) in [7, 11) is 0. The molecule has 96 heavy (non-hydrogen) atoms. The molecular formula is C73H114O23. The molecule has 23 heteroatoms. The minimum atomic E-state index is -1.47. The second kappa shape index (κ2) is 38.9. The Bertz CT molecular complexity index is 2330. The van der Waals surface area contributed by atoms with E-state index in [-0.39, 0.29) is 83.4 Å². The Morgan fingerprint density at radius 2 is 0.615 bits per heavy atom. The van der Waals surface area contributed by atoms with E-state index in [4.69, 9.17) is 71.1 Å². The summed E-state index contributed by atoms with van der Waals surface area (Å²) in [6.45, 7) is 7.12. The van der Waals surface area contributed by atoms with Crippen molar-refractivity contribution in [2.75, 3.05) is 79.3 Å². The molecule has 11 rings (SSSR count). The Balaban J connectivity index is 0.000000587. The van der Waals surface area contributed by atoms with Crippen molar-refractivity contribution in [2.24, 2.45) is 46.8 Å². The first-order valence-corrected chi connectivity index (χ1v) is 36.9. The second-order valence-electron chi connectivity index (χ2n) is 29.7. The van der Waals surface area contributed by atoms with Crippen molar-refractivity contribution in [2.45, 2.75) is 287 Å². The predicted octanol–water partition coefficient (Wildman–Crippen LogP) is 10.1.